The molecule has 0 N–H and O–H groups in total. The molecule has 262 valence electrons. The van der Waals surface area contributed by atoms with Crippen LogP contribution < -0.4 is 4.90 Å². The molecule has 6 aromatic carbocycles. The van der Waals surface area contributed by atoms with Crippen molar-refractivity contribution >= 4 is 17.1 Å². The quantitative estimate of drug-likeness (QED) is 0.169. The van der Waals surface area contributed by atoms with Gasteiger partial charge in [-0.3, -0.25) is 0 Å². The molecule has 8 rings (SSSR count). The number of hydrogen-bond donors (Lipinski definition) is 0. The van der Waals surface area contributed by atoms with Crippen LogP contribution >= 0.6 is 0 Å². The van der Waals surface area contributed by atoms with Crippen LogP contribution in [-0.4, -0.2) is 0 Å². The zero-order valence-electron chi connectivity index (χ0n) is 31.2. The van der Waals surface area contributed by atoms with E-state index in [9.17, 15) is 0 Å². The maximum Gasteiger partial charge on any atom is 0.0467 e. The lowest BCUT2D eigenvalue weighted by Crippen LogP contribution is -2.16. The van der Waals surface area contributed by atoms with Crippen molar-refractivity contribution in [1.29, 1.82) is 0 Å². The molecule has 1 fully saturated rings. The van der Waals surface area contributed by atoms with Crippen LogP contribution in [-0.2, 0) is 5.41 Å². The van der Waals surface area contributed by atoms with E-state index in [0.29, 0.717) is 5.92 Å². The summed E-state index contributed by atoms with van der Waals surface area (Å²) < 4.78 is 0. The summed E-state index contributed by atoms with van der Waals surface area (Å²) in [5, 5.41) is 0. The molecular weight excluding hydrogens is 627 g/mol. The van der Waals surface area contributed by atoms with Gasteiger partial charge < -0.3 is 4.90 Å². The number of benzene rings is 6. The topological polar surface area (TPSA) is 3.24 Å². The average molecular weight is 680 g/mol. The van der Waals surface area contributed by atoms with E-state index in [0.717, 1.165) is 5.69 Å². The molecule has 0 aromatic heterocycles. The number of fused-ring (bicyclic) bond motifs is 3. The third-order valence-corrected chi connectivity index (χ3v) is 12.0. The van der Waals surface area contributed by atoms with E-state index >= 15 is 0 Å². The predicted molar refractivity (Wildman–Crippen MR) is 223 cm³/mol. The van der Waals surface area contributed by atoms with Gasteiger partial charge in [0.05, 0.1) is 0 Å². The molecule has 1 nitrogen and oxygen atoms in total. The van der Waals surface area contributed by atoms with Crippen LogP contribution in [0.25, 0.3) is 33.4 Å². The van der Waals surface area contributed by atoms with Gasteiger partial charge in [-0.2, -0.15) is 0 Å². The first-order valence-corrected chi connectivity index (χ1v) is 20.0. The third-order valence-electron chi connectivity index (χ3n) is 12.0. The van der Waals surface area contributed by atoms with Gasteiger partial charge in [-0.15, -0.1) is 0 Å². The Balaban J connectivity index is 1.16. The summed E-state index contributed by atoms with van der Waals surface area (Å²) in [5.41, 5.74) is 15.5. The highest BCUT2D eigenvalue weighted by Gasteiger charge is 2.35. The van der Waals surface area contributed by atoms with Crippen LogP contribution in [0.15, 0.2) is 146 Å². The first kappa shape index (κ1) is 34.2. The minimum atomic E-state index is -0.0689. The Morgan fingerprint density at radius 3 is 1.67 bits per heavy atom. The summed E-state index contributed by atoms with van der Waals surface area (Å²) >= 11 is 0. The first-order valence-electron chi connectivity index (χ1n) is 20.0. The van der Waals surface area contributed by atoms with Gasteiger partial charge in [0.1, 0.15) is 0 Å². The van der Waals surface area contributed by atoms with Crippen molar-refractivity contribution < 1.29 is 0 Å². The molecule has 0 saturated heterocycles. The number of rotatable bonds is 6. The highest BCUT2D eigenvalue weighted by Crippen LogP contribution is 2.50. The number of nitrogens with zero attached hydrogens (tertiary/aromatic N) is 1. The second kappa shape index (κ2) is 15.4. The molecule has 2 aliphatic rings. The molecule has 2 aliphatic carbocycles. The molecule has 0 radical (unpaired) electrons. The molecule has 0 heterocycles. The molecule has 0 spiro atoms. The summed E-state index contributed by atoms with van der Waals surface area (Å²) in [6.07, 6.45) is 15.2. The smallest absolute Gasteiger partial charge is 0.0467 e. The molecule has 0 bridgehead atoms. The van der Waals surface area contributed by atoms with Gasteiger partial charge in [-0.25, -0.2) is 0 Å². The van der Waals surface area contributed by atoms with Crippen LogP contribution in [0.4, 0.5) is 17.1 Å². The third kappa shape index (κ3) is 7.11. The summed E-state index contributed by atoms with van der Waals surface area (Å²) in [7, 11) is 0. The van der Waals surface area contributed by atoms with E-state index in [2.05, 4.69) is 164 Å². The molecule has 6 aromatic rings. The van der Waals surface area contributed by atoms with Crippen molar-refractivity contribution in [1.82, 2.24) is 0 Å². The minimum Gasteiger partial charge on any atom is -0.310 e. The van der Waals surface area contributed by atoms with Gasteiger partial charge in [0.15, 0.2) is 0 Å². The molecule has 52 heavy (non-hydrogen) atoms. The zero-order valence-corrected chi connectivity index (χ0v) is 31.2. The highest BCUT2D eigenvalue weighted by molar-refractivity contribution is 5.86. The first-order chi connectivity index (χ1) is 25.6. The minimum absolute atomic E-state index is 0.0689. The van der Waals surface area contributed by atoms with Crippen molar-refractivity contribution in [3.05, 3.63) is 162 Å². The summed E-state index contributed by atoms with van der Waals surface area (Å²) in [4.78, 5) is 2.45. The molecule has 1 heteroatoms. The SMILES string of the molecule is CC1(C)c2ccccc2-c2ccc(N(c3ccc(-c4ccccc4)cc3)c3cccc(-c4cccc(C5CCCCCCCCCCC5)c4)c3)cc21. The summed E-state index contributed by atoms with van der Waals surface area (Å²) in [5.74, 6) is 0.654. The van der Waals surface area contributed by atoms with Crippen LogP contribution in [0.1, 0.15) is 107 Å². The van der Waals surface area contributed by atoms with Crippen molar-refractivity contribution in [2.24, 2.45) is 0 Å². The lowest BCUT2D eigenvalue weighted by atomic mass is 9.82. The van der Waals surface area contributed by atoms with E-state index in [1.54, 1.807) is 0 Å². The molecule has 1 saturated carbocycles. The lowest BCUT2D eigenvalue weighted by Gasteiger charge is -2.28. The van der Waals surface area contributed by atoms with E-state index in [1.807, 2.05) is 0 Å². The van der Waals surface area contributed by atoms with Gasteiger partial charge in [-0.05, 0) is 105 Å². The highest BCUT2D eigenvalue weighted by atomic mass is 15.1. The normalized spacial score (nSPS) is 16.3. The Bertz CT molecular complexity index is 2090. The average Bonchev–Trinajstić information content (AvgIpc) is 3.41. The van der Waals surface area contributed by atoms with Crippen LogP contribution in [0.2, 0.25) is 0 Å². The Labute approximate surface area is 312 Å². The Kier molecular flexibility index (Phi) is 10.1. The maximum atomic E-state index is 2.50. The van der Waals surface area contributed by atoms with Crippen molar-refractivity contribution in [3.8, 4) is 33.4 Å². The maximum absolute atomic E-state index is 2.50. The molecule has 0 amide bonds. The van der Waals surface area contributed by atoms with Crippen LogP contribution in [0.5, 0.6) is 0 Å². The Morgan fingerprint density at radius 2 is 0.942 bits per heavy atom. The van der Waals surface area contributed by atoms with E-state index in [1.165, 1.54) is 132 Å². The Morgan fingerprint density at radius 1 is 0.404 bits per heavy atom. The predicted octanol–water partition coefficient (Wildman–Crippen LogP) is 15.2. The van der Waals surface area contributed by atoms with Gasteiger partial charge in [0, 0.05) is 22.5 Å². The van der Waals surface area contributed by atoms with Crippen molar-refractivity contribution in [3.63, 3.8) is 0 Å². The molecule has 0 unspecified atom stereocenters. The number of anilines is 3. The fourth-order valence-corrected chi connectivity index (χ4v) is 9.01. The second-order valence-electron chi connectivity index (χ2n) is 15.8. The van der Waals surface area contributed by atoms with E-state index < -0.39 is 0 Å². The van der Waals surface area contributed by atoms with Gasteiger partial charge in [-0.1, -0.05) is 181 Å². The monoisotopic (exact) mass is 679 g/mol. The lowest BCUT2D eigenvalue weighted by molar-refractivity contribution is 0.467. The summed E-state index contributed by atoms with van der Waals surface area (Å²) in [6.45, 7) is 4.74. The Hall–Kier alpha value is -4.88. The van der Waals surface area contributed by atoms with Crippen molar-refractivity contribution in [2.75, 3.05) is 4.90 Å². The molecule has 0 atom stereocenters. The van der Waals surface area contributed by atoms with E-state index in [-0.39, 0.29) is 5.41 Å². The van der Waals surface area contributed by atoms with E-state index in [4.69, 9.17) is 0 Å². The largest absolute Gasteiger partial charge is 0.310 e. The second-order valence-corrected chi connectivity index (χ2v) is 15.8. The standard InChI is InChI=1S/C51H53N/c1-51(2)49-28-16-15-27-47(49)48-34-33-46(37-50(48)51)52(44-31-29-40(30-32-44)38-19-13-10-14-20-38)45-26-18-25-43(36-45)42-24-17-23-41(35-42)39-21-11-8-6-4-3-5-7-9-12-22-39/h10,13-20,23-37,39H,3-9,11-12,21-22H2,1-2H3. The van der Waals surface area contributed by atoms with Gasteiger partial charge in [0.25, 0.3) is 0 Å². The van der Waals surface area contributed by atoms with Gasteiger partial charge in [0.2, 0.25) is 0 Å². The number of hydrogen-bond acceptors (Lipinski definition) is 1. The van der Waals surface area contributed by atoms with Crippen LogP contribution in [0.3, 0.4) is 0 Å². The summed E-state index contributed by atoms with van der Waals surface area (Å²) in [6, 6.07) is 54.5. The molecular formula is C51H53N. The molecule has 0 aliphatic heterocycles. The van der Waals surface area contributed by atoms with Crippen molar-refractivity contribution in [2.45, 2.75) is 95.8 Å². The van der Waals surface area contributed by atoms with Gasteiger partial charge >= 0.3 is 0 Å². The fraction of sp³-hybridized carbons (Fsp3) is 0.294. The fourth-order valence-electron chi connectivity index (χ4n) is 9.01. The zero-order chi connectivity index (χ0) is 35.3. The van der Waals surface area contributed by atoms with Crippen LogP contribution in [0, 0.1) is 0 Å².